The predicted molar refractivity (Wildman–Crippen MR) is 116 cm³/mol. The van der Waals surface area contributed by atoms with E-state index in [0.29, 0.717) is 28.0 Å². The standard InChI is InChI=1S/C25H25NO4/c1-6-15-12-19-22(18-14-21(30-5)20(29-4)13-17(15)18)24(28)26(23(19)27)25(2,3)16-10-8-7-9-11-16/h7-14H,6H2,1-5H3. The fraction of sp³-hybridized carbons (Fsp3) is 0.280. The lowest BCUT2D eigenvalue weighted by Crippen LogP contribution is -2.45. The molecule has 5 nitrogen and oxygen atoms in total. The van der Waals surface area contributed by atoms with Crippen molar-refractivity contribution in [1.29, 1.82) is 0 Å². The molecule has 0 fully saturated rings. The van der Waals surface area contributed by atoms with Crippen molar-refractivity contribution >= 4 is 22.6 Å². The Hall–Kier alpha value is -3.34. The van der Waals surface area contributed by atoms with E-state index in [1.54, 1.807) is 20.3 Å². The number of fused-ring (bicyclic) bond motifs is 3. The van der Waals surface area contributed by atoms with Crippen LogP contribution >= 0.6 is 0 Å². The normalized spacial score (nSPS) is 13.7. The molecule has 0 N–H and O–H groups in total. The number of hydrogen-bond acceptors (Lipinski definition) is 4. The molecule has 154 valence electrons. The van der Waals surface area contributed by atoms with Crippen molar-refractivity contribution in [3.8, 4) is 11.5 Å². The van der Waals surface area contributed by atoms with E-state index < -0.39 is 5.54 Å². The van der Waals surface area contributed by atoms with Gasteiger partial charge in [0, 0.05) is 0 Å². The zero-order valence-electron chi connectivity index (χ0n) is 17.9. The van der Waals surface area contributed by atoms with Gasteiger partial charge >= 0.3 is 0 Å². The summed E-state index contributed by atoms with van der Waals surface area (Å²) in [6, 6.07) is 15.2. The summed E-state index contributed by atoms with van der Waals surface area (Å²) in [4.78, 5) is 28.5. The van der Waals surface area contributed by atoms with E-state index in [2.05, 4.69) is 0 Å². The topological polar surface area (TPSA) is 55.8 Å². The lowest BCUT2D eigenvalue weighted by molar-refractivity contribution is 0.0476. The Labute approximate surface area is 176 Å². The van der Waals surface area contributed by atoms with Gasteiger partial charge in [-0.15, -0.1) is 0 Å². The molecule has 2 amide bonds. The van der Waals surface area contributed by atoms with Gasteiger partial charge < -0.3 is 9.47 Å². The minimum atomic E-state index is -0.788. The number of aryl methyl sites for hydroxylation is 1. The van der Waals surface area contributed by atoms with Crippen LogP contribution in [0.3, 0.4) is 0 Å². The van der Waals surface area contributed by atoms with Crippen molar-refractivity contribution in [2.24, 2.45) is 0 Å². The number of ether oxygens (including phenoxy) is 2. The number of imide groups is 1. The second-order valence-corrected chi connectivity index (χ2v) is 7.94. The number of nitrogens with zero attached hydrogens (tertiary/aromatic N) is 1. The zero-order chi connectivity index (χ0) is 21.6. The van der Waals surface area contributed by atoms with Gasteiger partial charge in [-0.25, -0.2) is 0 Å². The number of amides is 2. The van der Waals surface area contributed by atoms with Gasteiger partial charge in [-0.3, -0.25) is 14.5 Å². The molecule has 0 atom stereocenters. The number of benzene rings is 3. The molecule has 5 heteroatoms. The Morgan fingerprint density at radius 3 is 2.03 bits per heavy atom. The van der Waals surface area contributed by atoms with E-state index in [1.807, 2.05) is 63.2 Å². The molecule has 4 rings (SSSR count). The average Bonchev–Trinajstić information content (AvgIpc) is 3.02. The molecule has 0 aromatic heterocycles. The van der Waals surface area contributed by atoms with Gasteiger partial charge in [0.2, 0.25) is 0 Å². The minimum absolute atomic E-state index is 0.268. The fourth-order valence-corrected chi connectivity index (χ4v) is 4.32. The molecule has 1 aliphatic rings. The molecular formula is C25H25NO4. The van der Waals surface area contributed by atoms with E-state index in [-0.39, 0.29) is 11.8 Å². The highest BCUT2D eigenvalue weighted by atomic mass is 16.5. The van der Waals surface area contributed by atoms with Crippen LogP contribution in [0, 0.1) is 0 Å². The number of carbonyl (C=O) groups is 2. The summed E-state index contributed by atoms with van der Waals surface area (Å²) >= 11 is 0. The van der Waals surface area contributed by atoms with E-state index >= 15 is 0 Å². The molecule has 0 aliphatic carbocycles. The largest absolute Gasteiger partial charge is 0.493 e. The second-order valence-electron chi connectivity index (χ2n) is 7.94. The van der Waals surface area contributed by atoms with Crippen molar-refractivity contribution in [1.82, 2.24) is 4.90 Å². The first-order valence-electron chi connectivity index (χ1n) is 10.0. The summed E-state index contributed by atoms with van der Waals surface area (Å²) < 4.78 is 10.9. The molecule has 1 heterocycles. The molecule has 3 aromatic rings. The number of rotatable bonds is 5. The van der Waals surface area contributed by atoms with Crippen molar-refractivity contribution in [3.63, 3.8) is 0 Å². The van der Waals surface area contributed by atoms with E-state index in [9.17, 15) is 9.59 Å². The van der Waals surface area contributed by atoms with Gasteiger partial charge in [0.25, 0.3) is 11.8 Å². The molecule has 30 heavy (non-hydrogen) atoms. The highest BCUT2D eigenvalue weighted by Gasteiger charge is 2.46. The van der Waals surface area contributed by atoms with Crippen LogP contribution in [0.1, 0.15) is 52.6 Å². The molecule has 0 radical (unpaired) electrons. The summed E-state index contributed by atoms with van der Waals surface area (Å²) in [6.07, 6.45) is 0.725. The predicted octanol–water partition coefficient (Wildman–Crippen LogP) is 4.95. The molecule has 0 saturated carbocycles. The van der Waals surface area contributed by atoms with Crippen molar-refractivity contribution < 1.29 is 19.1 Å². The van der Waals surface area contributed by atoms with Gasteiger partial charge in [0.15, 0.2) is 11.5 Å². The number of hydrogen-bond donors (Lipinski definition) is 0. The first-order valence-corrected chi connectivity index (χ1v) is 10.0. The van der Waals surface area contributed by atoms with Gasteiger partial charge in [-0.1, -0.05) is 37.3 Å². The Kier molecular flexibility index (Phi) is 4.77. The lowest BCUT2D eigenvalue weighted by atomic mass is 9.92. The van der Waals surface area contributed by atoms with E-state index in [4.69, 9.17) is 9.47 Å². The van der Waals surface area contributed by atoms with Crippen LogP contribution in [0.25, 0.3) is 10.8 Å². The van der Waals surface area contributed by atoms with Crippen molar-refractivity contribution in [2.45, 2.75) is 32.7 Å². The number of methoxy groups -OCH3 is 2. The molecule has 0 bridgehead atoms. The zero-order valence-corrected chi connectivity index (χ0v) is 17.9. The van der Waals surface area contributed by atoms with Gasteiger partial charge in [-0.05, 0) is 60.4 Å². The minimum Gasteiger partial charge on any atom is -0.493 e. The Balaban J connectivity index is 1.97. The summed E-state index contributed by atoms with van der Waals surface area (Å²) in [5, 5.41) is 1.61. The Morgan fingerprint density at radius 2 is 1.47 bits per heavy atom. The van der Waals surface area contributed by atoms with E-state index in [0.717, 1.165) is 22.9 Å². The maximum atomic E-state index is 13.6. The molecule has 0 unspecified atom stereocenters. The molecule has 0 saturated heterocycles. The third kappa shape index (κ3) is 2.76. The summed E-state index contributed by atoms with van der Waals surface area (Å²) in [5.41, 5.74) is 1.98. The molecule has 1 aliphatic heterocycles. The highest BCUT2D eigenvalue weighted by Crippen LogP contribution is 2.42. The maximum absolute atomic E-state index is 13.6. The van der Waals surface area contributed by atoms with Gasteiger partial charge in [-0.2, -0.15) is 0 Å². The van der Waals surface area contributed by atoms with Gasteiger partial charge in [0.05, 0.1) is 30.9 Å². The van der Waals surface area contributed by atoms with Gasteiger partial charge in [0.1, 0.15) is 0 Å². The van der Waals surface area contributed by atoms with Crippen LogP contribution in [0.2, 0.25) is 0 Å². The third-order valence-corrected chi connectivity index (χ3v) is 6.00. The van der Waals surface area contributed by atoms with Crippen LogP contribution in [0.4, 0.5) is 0 Å². The highest BCUT2D eigenvalue weighted by molar-refractivity contribution is 6.27. The van der Waals surface area contributed by atoms with Crippen LogP contribution in [-0.4, -0.2) is 30.9 Å². The molecule has 0 spiro atoms. The Morgan fingerprint density at radius 1 is 0.867 bits per heavy atom. The van der Waals surface area contributed by atoms with Crippen molar-refractivity contribution in [3.05, 3.63) is 70.8 Å². The fourth-order valence-electron chi connectivity index (χ4n) is 4.32. The Bertz CT molecular complexity index is 1160. The van der Waals surface area contributed by atoms with Crippen LogP contribution in [-0.2, 0) is 12.0 Å². The summed E-state index contributed by atoms with van der Waals surface area (Å²) in [5.74, 6) is 0.568. The maximum Gasteiger partial charge on any atom is 0.262 e. The molecule has 3 aromatic carbocycles. The molecular weight excluding hydrogens is 378 g/mol. The van der Waals surface area contributed by atoms with E-state index in [1.165, 1.54) is 4.90 Å². The van der Waals surface area contributed by atoms with Crippen molar-refractivity contribution in [2.75, 3.05) is 14.2 Å². The lowest BCUT2D eigenvalue weighted by Gasteiger charge is -2.34. The SMILES string of the molecule is CCc1cc2c(c3cc(OC)c(OC)cc13)C(=O)N(C(C)(C)c1ccccc1)C2=O. The summed E-state index contributed by atoms with van der Waals surface area (Å²) in [7, 11) is 3.15. The van der Waals surface area contributed by atoms with Crippen LogP contribution in [0.15, 0.2) is 48.5 Å². The van der Waals surface area contributed by atoms with Crippen LogP contribution < -0.4 is 9.47 Å². The smallest absolute Gasteiger partial charge is 0.262 e. The summed E-state index contributed by atoms with van der Waals surface area (Å²) in [6.45, 7) is 5.83. The average molecular weight is 403 g/mol. The van der Waals surface area contributed by atoms with Crippen LogP contribution in [0.5, 0.6) is 11.5 Å². The monoisotopic (exact) mass is 403 g/mol. The first kappa shape index (κ1) is 20.0. The third-order valence-electron chi connectivity index (χ3n) is 6.00. The number of carbonyl (C=O) groups excluding carboxylic acids is 2. The second kappa shape index (κ2) is 7.17. The quantitative estimate of drug-likeness (QED) is 0.566. The first-order chi connectivity index (χ1) is 14.3.